The number of halogens is 1. The summed E-state index contributed by atoms with van der Waals surface area (Å²) < 4.78 is 0.773. The number of nitrogens with zero attached hydrogens (tertiary/aromatic N) is 2. The summed E-state index contributed by atoms with van der Waals surface area (Å²) in [6.45, 7) is 1.59. The SMILES string of the molecule is N/C(=N/O)c1ccc(N2CCCC(O)C2)cc1Br. The number of aliphatic hydroxyl groups excluding tert-OH is 1. The van der Waals surface area contributed by atoms with Gasteiger partial charge in [0.2, 0.25) is 0 Å². The van der Waals surface area contributed by atoms with E-state index in [2.05, 4.69) is 26.0 Å². The number of piperidine rings is 1. The number of anilines is 1. The van der Waals surface area contributed by atoms with Gasteiger partial charge >= 0.3 is 0 Å². The van der Waals surface area contributed by atoms with Gasteiger partial charge in [0, 0.05) is 28.8 Å². The number of rotatable bonds is 2. The fourth-order valence-corrected chi connectivity index (χ4v) is 2.72. The summed E-state index contributed by atoms with van der Waals surface area (Å²) in [5.74, 6) is 0.0760. The molecular weight excluding hydrogens is 298 g/mol. The molecule has 1 unspecified atom stereocenters. The Hall–Kier alpha value is -1.27. The van der Waals surface area contributed by atoms with E-state index in [0.717, 1.165) is 29.5 Å². The van der Waals surface area contributed by atoms with Crippen LogP contribution in [0.25, 0.3) is 0 Å². The fourth-order valence-electron chi connectivity index (χ4n) is 2.15. The maximum Gasteiger partial charge on any atom is 0.171 e. The van der Waals surface area contributed by atoms with Gasteiger partial charge in [-0.1, -0.05) is 5.16 Å². The summed E-state index contributed by atoms with van der Waals surface area (Å²) in [6.07, 6.45) is 1.59. The third-order valence-corrected chi connectivity index (χ3v) is 3.75. The monoisotopic (exact) mass is 313 g/mol. The second-order valence-electron chi connectivity index (χ2n) is 4.39. The van der Waals surface area contributed by atoms with Crippen molar-refractivity contribution in [1.29, 1.82) is 0 Å². The van der Waals surface area contributed by atoms with Crippen LogP contribution in [0.3, 0.4) is 0 Å². The van der Waals surface area contributed by atoms with E-state index in [9.17, 15) is 5.11 Å². The Balaban J connectivity index is 2.23. The molecule has 98 valence electrons. The van der Waals surface area contributed by atoms with Crippen LogP contribution in [0.4, 0.5) is 5.69 Å². The van der Waals surface area contributed by atoms with Gasteiger partial charge < -0.3 is 20.9 Å². The Morgan fingerprint density at radius 2 is 2.28 bits per heavy atom. The maximum absolute atomic E-state index is 9.67. The lowest BCUT2D eigenvalue weighted by Gasteiger charge is -2.32. The van der Waals surface area contributed by atoms with Crippen LogP contribution >= 0.6 is 15.9 Å². The zero-order valence-electron chi connectivity index (χ0n) is 9.88. The topological polar surface area (TPSA) is 82.1 Å². The highest BCUT2D eigenvalue weighted by atomic mass is 79.9. The molecule has 0 amide bonds. The highest BCUT2D eigenvalue weighted by Crippen LogP contribution is 2.26. The van der Waals surface area contributed by atoms with E-state index in [1.807, 2.05) is 12.1 Å². The van der Waals surface area contributed by atoms with Gasteiger partial charge in [-0.25, -0.2) is 0 Å². The molecule has 1 saturated heterocycles. The molecule has 2 rings (SSSR count). The second kappa shape index (κ2) is 5.58. The van der Waals surface area contributed by atoms with E-state index in [0.29, 0.717) is 12.1 Å². The van der Waals surface area contributed by atoms with E-state index in [1.54, 1.807) is 6.07 Å². The van der Waals surface area contributed by atoms with Crippen LogP contribution in [0, 0.1) is 0 Å². The van der Waals surface area contributed by atoms with E-state index in [4.69, 9.17) is 10.9 Å². The molecule has 1 aliphatic rings. The van der Waals surface area contributed by atoms with Crippen molar-refractivity contribution in [2.24, 2.45) is 10.9 Å². The molecule has 0 spiro atoms. The van der Waals surface area contributed by atoms with Crippen molar-refractivity contribution in [2.45, 2.75) is 18.9 Å². The number of oxime groups is 1. The van der Waals surface area contributed by atoms with Gasteiger partial charge in [-0.2, -0.15) is 0 Å². The number of benzene rings is 1. The van der Waals surface area contributed by atoms with Crippen molar-refractivity contribution >= 4 is 27.5 Å². The number of amidine groups is 1. The lowest BCUT2D eigenvalue weighted by molar-refractivity contribution is 0.154. The first-order chi connectivity index (χ1) is 8.61. The number of nitrogens with two attached hydrogens (primary N) is 1. The van der Waals surface area contributed by atoms with Crippen LogP contribution in [-0.2, 0) is 0 Å². The lowest BCUT2D eigenvalue weighted by Crippen LogP contribution is -2.38. The molecule has 1 aliphatic heterocycles. The molecule has 1 heterocycles. The summed E-state index contributed by atoms with van der Waals surface area (Å²) in [4.78, 5) is 2.13. The zero-order valence-corrected chi connectivity index (χ0v) is 11.5. The fraction of sp³-hybridized carbons (Fsp3) is 0.417. The Labute approximate surface area is 114 Å². The zero-order chi connectivity index (χ0) is 13.1. The molecule has 4 N–H and O–H groups in total. The largest absolute Gasteiger partial charge is 0.409 e. The molecule has 1 aromatic carbocycles. The van der Waals surface area contributed by atoms with Gasteiger partial charge in [-0.3, -0.25) is 0 Å². The lowest BCUT2D eigenvalue weighted by atomic mass is 10.1. The van der Waals surface area contributed by atoms with Crippen LogP contribution in [-0.4, -0.2) is 35.3 Å². The summed E-state index contributed by atoms with van der Waals surface area (Å²) in [5.41, 5.74) is 7.24. The van der Waals surface area contributed by atoms with Crippen molar-refractivity contribution in [3.8, 4) is 0 Å². The normalized spacial score (nSPS) is 21.1. The first-order valence-electron chi connectivity index (χ1n) is 5.82. The van der Waals surface area contributed by atoms with Crippen LogP contribution in [0.1, 0.15) is 18.4 Å². The van der Waals surface area contributed by atoms with Crippen LogP contribution in [0.2, 0.25) is 0 Å². The minimum atomic E-state index is -0.263. The summed E-state index contributed by atoms with van der Waals surface area (Å²) in [7, 11) is 0. The van der Waals surface area contributed by atoms with Crippen molar-refractivity contribution in [1.82, 2.24) is 0 Å². The summed E-state index contributed by atoms with van der Waals surface area (Å²) >= 11 is 3.41. The van der Waals surface area contributed by atoms with Crippen molar-refractivity contribution in [2.75, 3.05) is 18.0 Å². The Morgan fingerprint density at radius 1 is 1.50 bits per heavy atom. The molecule has 18 heavy (non-hydrogen) atoms. The number of hydrogen-bond acceptors (Lipinski definition) is 4. The van der Waals surface area contributed by atoms with Gasteiger partial charge in [-0.15, -0.1) is 0 Å². The van der Waals surface area contributed by atoms with Gasteiger partial charge in [0.1, 0.15) is 0 Å². The van der Waals surface area contributed by atoms with Gasteiger partial charge in [0.15, 0.2) is 5.84 Å². The molecule has 0 bridgehead atoms. The van der Waals surface area contributed by atoms with Gasteiger partial charge in [-0.05, 0) is 47.0 Å². The third kappa shape index (κ3) is 2.76. The minimum absolute atomic E-state index is 0.0760. The van der Waals surface area contributed by atoms with E-state index in [-0.39, 0.29) is 11.9 Å². The van der Waals surface area contributed by atoms with Gasteiger partial charge in [0.25, 0.3) is 0 Å². The predicted molar refractivity (Wildman–Crippen MR) is 74.1 cm³/mol. The third-order valence-electron chi connectivity index (χ3n) is 3.10. The molecule has 0 radical (unpaired) electrons. The van der Waals surface area contributed by atoms with Gasteiger partial charge in [0.05, 0.1) is 6.10 Å². The number of β-amino-alcohol motifs (C(OH)–C–C–N with tert-alkyl or cyclic N) is 1. The van der Waals surface area contributed by atoms with Crippen LogP contribution in [0.15, 0.2) is 27.8 Å². The number of hydrogen-bond donors (Lipinski definition) is 3. The Kier molecular flexibility index (Phi) is 4.08. The van der Waals surface area contributed by atoms with Crippen molar-refractivity contribution < 1.29 is 10.3 Å². The smallest absolute Gasteiger partial charge is 0.171 e. The van der Waals surface area contributed by atoms with Crippen molar-refractivity contribution in [3.05, 3.63) is 28.2 Å². The van der Waals surface area contributed by atoms with E-state index < -0.39 is 0 Å². The molecule has 5 nitrogen and oxygen atoms in total. The minimum Gasteiger partial charge on any atom is -0.409 e. The standard InChI is InChI=1S/C12H16BrN3O2/c13-11-6-8(3-4-10(11)12(14)15-18)16-5-1-2-9(17)7-16/h3-4,6,9,17-18H,1-2,5,7H2,(H2,14,15). The van der Waals surface area contributed by atoms with E-state index in [1.165, 1.54) is 0 Å². The highest BCUT2D eigenvalue weighted by molar-refractivity contribution is 9.10. The van der Waals surface area contributed by atoms with Crippen LogP contribution in [0.5, 0.6) is 0 Å². The first-order valence-corrected chi connectivity index (χ1v) is 6.61. The molecule has 0 aliphatic carbocycles. The molecule has 1 aromatic rings. The first kappa shape index (κ1) is 13.2. The Morgan fingerprint density at radius 3 is 2.89 bits per heavy atom. The average Bonchev–Trinajstić information content (AvgIpc) is 2.37. The average molecular weight is 314 g/mol. The molecule has 1 atom stereocenters. The predicted octanol–water partition coefficient (Wildman–Crippen LogP) is 1.50. The Bertz CT molecular complexity index is 465. The summed E-state index contributed by atoms with van der Waals surface area (Å²) in [5, 5.41) is 21.3. The molecule has 0 aromatic heterocycles. The second-order valence-corrected chi connectivity index (χ2v) is 5.25. The molecule has 1 fully saturated rings. The van der Waals surface area contributed by atoms with Crippen molar-refractivity contribution in [3.63, 3.8) is 0 Å². The highest BCUT2D eigenvalue weighted by Gasteiger charge is 2.18. The quantitative estimate of drug-likeness (QED) is 0.334. The molecule has 6 heteroatoms. The summed E-state index contributed by atoms with van der Waals surface area (Å²) in [6, 6.07) is 5.64. The van der Waals surface area contributed by atoms with E-state index >= 15 is 0 Å². The molecular formula is C12H16BrN3O2. The molecule has 0 saturated carbocycles. The number of aliphatic hydroxyl groups is 1. The maximum atomic E-state index is 9.67. The van der Waals surface area contributed by atoms with Crippen LogP contribution < -0.4 is 10.6 Å².